The normalized spacial score (nSPS) is 10.6. The summed E-state index contributed by atoms with van der Waals surface area (Å²) in [6.07, 6.45) is 1.59. The molecule has 1 amide bonds. The molecule has 0 aromatic carbocycles. The maximum absolute atomic E-state index is 11.6. The molecule has 0 spiro atoms. The summed E-state index contributed by atoms with van der Waals surface area (Å²) in [5.41, 5.74) is 5.74. The third kappa shape index (κ3) is 5.01. The number of nitrogens with zero attached hydrogens (tertiary/aromatic N) is 1. The molecule has 0 radical (unpaired) electrons. The van der Waals surface area contributed by atoms with Crippen molar-refractivity contribution in [2.45, 2.75) is 26.5 Å². The van der Waals surface area contributed by atoms with Gasteiger partial charge in [-0.15, -0.1) is 0 Å². The van der Waals surface area contributed by atoms with Gasteiger partial charge in [0, 0.05) is 24.5 Å². The summed E-state index contributed by atoms with van der Waals surface area (Å²) in [4.78, 5) is 23.0. The summed E-state index contributed by atoms with van der Waals surface area (Å²) >= 11 is 0. The van der Waals surface area contributed by atoms with Gasteiger partial charge in [0.15, 0.2) is 0 Å². The smallest absolute Gasteiger partial charge is 0.251 e. The maximum atomic E-state index is 11.6. The first-order valence-electron chi connectivity index (χ1n) is 5.83. The highest BCUT2D eigenvalue weighted by atomic mass is 16.5. The van der Waals surface area contributed by atoms with Crippen molar-refractivity contribution in [1.82, 2.24) is 9.88 Å². The summed E-state index contributed by atoms with van der Waals surface area (Å²) < 4.78 is 6.55. The lowest BCUT2D eigenvalue weighted by Crippen LogP contribution is -2.34. The van der Waals surface area contributed by atoms with E-state index < -0.39 is 0 Å². The molecule has 1 heterocycles. The number of hydrogen-bond acceptors (Lipinski definition) is 4. The van der Waals surface area contributed by atoms with E-state index >= 15 is 0 Å². The minimum Gasteiger partial charge on any atom is -0.398 e. The third-order valence-corrected chi connectivity index (χ3v) is 2.20. The van der Waals surface area contributed by atoms with E-state index in [1.165, 1.54) is 22.9 Å². The van der Waals surface area contributed by atoms with Crippen LogP contribution in [0.2, 0.25) is 0 Å². The summed E-state index contributed by atoms with van der Waals surface area (Å²) in [5.74, 6) is -0.241. The molecule has 0 atom stereocenters. The number of nitrogens with one attached hydrogen (secondary N) is 1. The molecule has 0 saturated heterocycles. The van der Waals surface area contributed by atoms with Crippen molar-refractivity contribution in [3.05, 3.63) is 28.7 Å². The van der Waals surface area contributed by atoms with Crippen molar-refractivity contribution in [2.24, 2.45) is 0 Å². The van der Waals surface area contributed by atoms with Gasteiger partial charge < -0.3 is 20.4 Å². The lowest BCUT2D eigenvalue weighted by atomic mass is 10.4. The van der Waals surface area contributed by atoms with E-state index in [-0.39, 0.29) is 24.1 Å². The van der Waals surface area contributed by atoms with Gasteiger partial charge >= 0.3 is 0 Å². The van der Waals surface area contributed by atoms with E-state index in [4.69, 9.17) is 10.5 Å². The van der Waals surface area contributed by atoms with Gasteiger partial charge in [0.1, 0.15) is 6.54 Å². The van der Waals surface area contributed by atoms with Crippen LogP contribution in [-0.2, 0) is 16.1 Å². The Kier molecular flexibility index (Phi) is 5.38. The SMILES string of the molecule is CC(C)OCCNC(=O)Cn1cc(N)ccc1=O. The van der Waals surface area contributed by atoms with Crippen molar-refractivity contribution in [3.63, 3.8) is 0 Å². The van der Waals surface area contributed by atoms with Gasteiger partial charge in [-0.05, 0) is 19.9 Å². The molecule has 3 N–H and O–H groups in total. The molecular formula is C12H19N3O3. The minimum atomic E-state index is -0.252. The van der Waals surface area contributed by atoms with Gasteiger partial charge in [0.05, 0.1) is 12.7 Å². The van der Waals surface area contributed by atoms with Crippen molar-refractivity contribution in [2.75, 3.05) is 18.9 Å². The Bertz CT molecular complexity index is 454. The molecule has 0 fully saturated rings. The molecule has 0 saturated carbocycles. The number of ether oxygens (including phenoxy) is 1. The fraction of sp³-hybridized carbons (Fsp3) is 0.500. The number of amides is 1. The number of carbonyl (C=O) groups excluding carboxylic acids is 1. The average molecular weight is 253 g/mol. The van der Waals surface area contributed by atoms with E-state index in [9.17, 15) is 9.59 Å². The molecule has 1 aromatic heterocycles. The predicted molar refractivity (Wildman–Crippen MR) is 69.2 cm³/mol. The molecule has 0 bridgehead atoms. The van der Waals surface area contributed by atoms with Crippen LogP contribution in [-0.4, -0.2) is 29.7 Å². The number of carbonyl (C=O) groups is 1. The molecule has 6 nitrogen and oxygen atoms in total. The molecule has 100 valence electrons. The topological polar surface area (TPSA) is 86.3 Å². The molecule has 6 heteroatoms. The monoisotopic (exact) mass is 253 g/mol. The number of aromatic nitrogens is 1. The Morgan fingerprint density at radius 3 is 2.89 bits per heavy atom. The quantitative estimate of drug-likeness (QED) is 0.697. The second-order valence-corrected chi connectivity index (χ2v) is 4.20. The van der Waals surface area contributed by atoms with Crippen LogP contribution in [0.25, 0.3) is 0 Å². The number of anilines is 1. The van der Waals surface area contributed by atoms with Crippen molar-refractivity contribution in [3.8, 4) is 0 Å². The molecule has 1 rings (SSSR count). The zero-order chi connectivity index (χ0) is 13.5. The van der Waals surface area contributed by atoms with Crippen molar-refractivity contribution >= 4 is 11.6 Å². The predicted octanol–water partition coefficient (Wildman–Crippen LogP) is -0.0283. The maximum Gasteiger partial charge on any atom is 0.251 e. The van der Waals surface area contributed by atoms with Gasteiger partial charge in [-0.1, -0.05) is 0 Å². The molecular weight excluding hydrogens is 234 g/mol. The van der Waals surface area contributed by atoms with Gasteiger partial charge in [-0.2, -0.15) is 0 Å². The van der Waals surface area contributed by atoms with Crippen molar-refractivity contribution < 1.29 is 9.53 Å². The van der Waals surface area contributed by atoms with Crippen LogP contribution in [0.5, 0.6) is 0 Å². The average Bonchev–Trinajstić information content (AvgIpc) is 2.29. The van der Waals surface area contributed by atoms with Crippen LogP contribution in [0.15, 0.2) is 23.1 Å². The molecule has 0 unspecified atom stereocenters. The second kappa shape index (κ2) is 6.80. The lowest BCUT2D eigenvalue weighted by molar-refractivity contribution is -0.122. The first kappa shape index (κ1) is 14.2. The number of rotatable bonds is 6. The summed E-state index contributed by atoms with van der Waals surface area (Å²) in [6.45, 7) is 4.69. The summed E-state index contributed by atoms with van der Waals surface area (Å²) in [5, 5.41) is 2.67. The van der Waals surface area contributed by atoms with Crippen molar-refractivity contribution in [1.29, 1.82) is 0 Å². The van der Waals surface area contributed by atoms with Gasteiger partial charge in [0.2, 0.25) is 5.91 Å². The third-order valence-electron chi connectivity index (χ3n) is 2.20. The first-order valence-corrected chi connectivity index (χ1v) is 5.83. The van der Waals surface area contributed by atoms with Crippen LogP contribution >= 0.6 is 0 Å². The van der Waals surface area contributed by atoms with E-state index in [1.807, 2.05) is 13.8 Å². The number of nitrogen functional groups attached to an aromatic ring is 1. The highest BCUT2D eigenvalue weighted by Crippen LogP contribution is 1.95. The highest BCUT2D eigenvalue weighted by molar-refractivity contribution is 5.75. The molecule has 0 aliphatic heterocycles. The fourth-order valence-electron chi connectivity index (χ4n) is 1.37. The van der Waals surface area contributed by atoms with Crippen LogP contribution in [0.4, 0.5) is 5.69 Å². The number of nitrogens with two attached hydrogens (primary N) is 1. The highest BCUT2D eigenvalue weighted by Gasteiger charge is 2.04. The standard InChI is InChI=1S/C12H19N3O3/c1-9(2)18-6-5-14-11(16)8-15-7-10(13)3-4-12(15)17/h3-4,7,9H,5-6,8,13H2,1-2H3,(H,14,16). The Morgan fingerprint density at radius 2 is 2.22 bits per heavy atom. The fourth-order valence-corrected chi connectivity index (χ4v) is 1.37. The van der Waals surface area contributed by atoms with E-state index in [2.05, 4.69) is 5.32 Å². The minimum absolute atomic E-state index is 0.0362. The molecule has 1 aromatic rings. The van der Waals surface area contributed by atoms with Crippen LogP contribution < -0.4 is 16.6 Å². The zero-order valence-electron chi connectivity index (χ0n) is 10.7. The van der Waals surface area contributed by atoms with E-state index in [1.54, 1.807) is 0 Å². The summed E-state index contributed by atoms with van der Waals surface area (Å²) in [6, 6.07) is 2.84. The Hall–Kier alpha value is -1.82. The van der Waals surface area contributed by atoms with Gasteiger partial charge in [-0.25, -0.2) is 0 Å². The molecule has 0 aliphatic carbocycles. The summed E-state index contributed by atoms with van der Waals surface area (Å²) in [7, 11) is 0. The van der Waals surface area contributed by atoms with E-state index in [0.717, 1.165) is 0 Å². The zero-order valence-corrected chi connectivity index (χ0v) is 10.7. The van der Waals surface area contributed by atoms with E-state index in [0.29, 0.717) is 18.8 Å². The number of hydrogen-bond donors (Lipinski definition) is 2. The first-order chi connectivity index (χ1) is 8.49. The Morgan fingerprint density at radius 1 is 1.50 bits per heavy atom. The Balaban J connectivity index is 2.40. The van der Waals surface area contributed by atoms with Crippen LogP contribution in [0.3, 0.4) is 0 Å². The number of pyridine rings is 1. The lowest BCUT2D eigenvalue weighted by Gasteiger charge is -2.09. The van der Waals surface area contributed by atoms with Gasteiger partial charge in [-0.3, -0.25) is 9.59 Å². The largest absolute Gasteiger partial charge is 0.398 e. The van der Waals surface area contributed by atoms with Crippen LogP contribution in [0, 0.1) is 0 Å². The Labute approximate surface area is 106 Å². The second-order valence-electron chi connectivity index (χ2n) is 4.20. The van der Waals surface area contributed by atoms with Gasteiger partial charge in [0.25, 0.3) is 5.56 Å². The molecule has 18 heavy (non-hydrogen) atoms. The molecule has 0 aliphatic rings. The van der Waals surface area contributed by atoms with Crippen LogP contribution in [0.1, 0.15) is 13.8 Å².